The molecular formula is C15H21NO3S. The zero-order chi connectivity index (χ0) is 14.9. The maximum absolute atomic E-state index is 12.8. The molecule has 110 valence electrons. The number of aryl methyl sites for hydroxylation is 1. The number of aliphatic hydroxyl groups is 1. The van der Waals surface area contributed by atoms with Crippen LogP contribution in [0.1, 0.15) is 29.5 Å². The molecule has 4 nitrogen and oxygen atoms in total. The Morgan fingerprint density at radius 2 is 2.05 bits per heavy atom. The average molecular weight is 295 g/mol. The zero-order valence-corrected chi connectivity index (χ0v) is 12.8. The minimum Gasteiger partial charge on any atom is -0.392 e. The lowest BCUT2D eigenvalue weighted by Crippen LogP contribution is -2.33. The molecular weight excluding hydrogens is 274 g/mol. The predicted octanol–water partition coefficient (Wildman–Crippen LogP) is 2.13. The summed E-state index contributed by atoms with van der Waals surface area (Å²) in [5, 5.41) is 9.28. The Bertz CT molecular complexity index is 618. The molecule has 0 aliphatic heterocycles. The Hall–Kier alpha value is -1.17. The SMILES string of the molecule is C=CCN(C1CC1)S(=O)(=O)c1cc(CO)cc(C)c1C. The lowest BCUT2D eigenvalue weighted by atomic mass is 10.1. The van der Waals surface area contributed by atoms with Crippen molar-refractivity contribution >= 4 is 10.0 Å². The molecule has 1 N–H and O–H groups in total. The van der Waals surface area contributed by atoms with Crippen LogP contribution in [-0.4, -0.2) is 30.4 Å². The number of hydrogen-bond donors (Lipinski definition) is 1. The molecule has 0 radical (unpaired) electrons. The van der Waals surface area contributed by atoms with E-state index in [4.69, 9.17) is 0 Å². The third kappa shape index (κ3) is 2.80. The third-order valence-corrected chi connectivity index (χ3v) is 5.76. The van der Waals surface area contributed by atoms with Crippen molar-refractivity contribution in [1.29, 1.82) is 0 Å². The van der Waals surface area contributed by atoms with E-state index in [0.29, 0.717) is 17.0 Å². The molecule has 0 amide bonds. The van der Waals surface area contributed by atoms with Gasteiger partial charge in [-0.2, -0.15) is 4.31 Å². The largest absolute Gasteiger partial charge is 0.392 e. The lowest BCUT2D eigenvalue weighted by Gasteiger charge is -2.22. The molecule has 1 aliphatic rings. The first-order chi connectivity index (χ1) is 9.41. The predicted molar refractivity (Wildman–Crippen MR) is 78.9 cm³/mol. The highest BCUT2D eigenvalue weighted by atomic mass is 32.2. The molecule has 5 heteroatoms. The fourth-order valence-electron chi connectivity index (χ4n) is 2.32. The Morgan fingerprint density at radius 1 is 1.40 bits per heavy atom. The van der Waals surface area contributed by atoms with Crippen molar-refractivity contribution in [3.8, 4) is 0 Å². The van der Waals surface area contributed by atoms with Crippen LogP contribution < -0.4 is 0 Å². The highest BCUT2D eigenvalue weighted by molar-refractivity contribution is 7.89. The molecule has 1 aromatic carbocycles. The summed E-state index contributed by atoms with van der Waals surface area (Å²) in [5.74, 6) is 0. The number of rotatable bonds is 6. The number of aliphatic hydroxyl groups excluding tert-OH is 1. The van der Waals surface area contributed by atoms with Crippen molar-refractivity contribution in [2.75, 3.05) is 6.54 Å². The summed E-state index contributed by atoms with van der Waals surface area (Å²) in [5.41, 5.74) is 2.25. The van der Waals surface area contributed by atoms with Crippen molar-refractivity contribution in [2.45, 2.75) is 44.2 Å². The smallest absolute Gasteiger partial charge is 0.243 e. The van der Waals surface area contributed by atoms with E-state index in [1.54, 1.807) is 12.1 Å². The molecule has 20 heavy (non-hydrogen) atoms. The minimum absolute atomic E-state index is 0.0930. The number of nitrogens with zero attached hydrogens (tertiary/aromatic N) is 1. The molecule has 1 saturated carbocycles. The summed E-state index contributed by atoms with van der Waals surface area (Å²) in [6.45, 7) is 7.49. The van der Waals surface area contributed by atoms with Gasteiger partial charge < -0.3 is 5.11 Å². The molecule has 1 fully saturated rings. The van der Waals surface area contributed by atoms with E-state index in [1.165, 1.54) is 4.31 Å². The number of hydrogen-bond acceptors (Lipinski definition) is 3. The van der Waals surface area contributed by atoms with Gasteiger partial charge in [0.15, 0.2) is 0 Å². The van der Waals surface area contributed by atoms with Gasteiger partial charge in [-0.15, -0.1) is 6.58 Å². The molecule has 1 aromatic rings. The van der Waals surface area contributed by atoms with Gasteiger partial charge in [0.1, 0.15) is 0 Å². The van der Waals surface area contributed by atoms with E-state index in [-0.39, 0.29) is 12.6 Å². The molecule has 0 spiro atoms. The van der Waals surface area contributed by atoms with Crippen LogP contribution in [0.25, 0.3) is 0 Å². The van der Waals surface area contributed by atoms with Gasteiger partial charge >= 0.3 is 0 Å². The van der Waals surface area contributed by atoms with Crippen LogP contribution in [0.3, 0.4) is 0 Å². The minimum atomic E-state index is -3.53. The summed E-state index contributed by atoms with van der Waals surface area (Å²) < 4.78 is 27.2. The van der Waals surface area contributed by atoms with Gasteiger partial charge in [-0.1, -0.05) is 12.1 Å². The number of sulfonamides is 1. The quantitative estimate of drug-likeness (QED) is 0.818. The van der Waals surface area contributed by atoms with Gasteiger partial charge in [-0.25, -0.2) is 8.42 Å². The highest BCUT2D eigenvalue weighted by Gasteiger charge is 2.38. The van der Waals surface area contributed by atoms with Crippen LogP contribution in [0.2, 0.25) is 0 Å². The van der Waals surface area contributed by atoms with Gasteiger partial charge in [-0.05, 0) is 49.4 Å². The van der Waals surface area contributed by atoms with Crippen LogP contribution in [0.4, 0.5) is 0 Å². The first kappa shape index (κ1) is 15.2. The van der Waals surface area contributed by atoms with E-state index in [0.717, 1.165) is 24.0 Å². The molecule has 0 aromatic heterocycles. The van der Waals surface area contributed by atoms with Crippen molar-refractivity contribution < 1.29 is 13.5 Å². The average Bonchev–Trinajstić information content (AvgIpc) is 3.22. The van der Waals surface area contributed by atoms with Crippen LogP contribution >= 0.6 is 0 Å². The van der Waals surface area contributed by atoms with Crippen LogP contribution in [-0.2, 0) is 16.6 Å². The molecule has 1 aliphatic carbocycles. The normalized spacial score (nSPS) is 15.6. The Kier molecular flexibility index (Phi) is 4.32. The second-order valence-corrected chi connectivity index (χ2v) is 7.15. The molecule has 2 rings (SSSR count). The van der Waals surface area contributed by atoms with Gasteiger partial charge in [-0.3, -0.25) is 0 Å². The van der Waals surface area contributed by atoms with E-state index >= 15 is 0 Å². The monoisotopic (exact) mass is 295 g/mol. The molecule has 0 saturated heterocycles. The van der Waals surface area contributed by atoms with Crippen LogP contribution in [0.5, 0.6) is 0 Å². The van der Waals surface area contributed by atoms with Crippen molar-refractivity contribution in [2.24, 2.45) is 0 Å². The van der Waals surface area contributed by atoms with Gasteiger partial charge in [0, 0.05) is 12.6 Å². The fourth-order valence-corrected chi connectivity index (χ4v) is 4.32. The van der Waals surface area contributed by atoms with E-state index < -0.39 is 10.0 Å². The summed E-state index contributed by atoms with van der Waals surface area (Å²) in [6, 6.07) is 3.50. The molecule has 0 atom stereocenters. The van der Waals surface area contributed by atoms with Crippen molar-refractivity contribution in [1.82, 2.24) is 4.31 Å². The van der Waals surface area contributed by atoms with Gasteiger partial charge in [0.05, 0.1) is 11.5 Å². The van der Waals surface area contributed by atoms with Crippen LogP contribution in [0, 0.1) is 13.8 Å². The van der Waals surface area contributed by atoms with E-state index in [2.05, 4.69) is 6.58 Å². The lowest BCUT2D eigenvalue weighted by molar-refractivity contribution is 0.281. The molecule has 0 heterocycles. The molecule has 0 unspecified atom stereocenters. The van der Waals surface area contributed by atoms with Crippen LogP contribution in [0.15, 0.2) is 29.7 Å². The second kappa shape index (κ2) is 5.68. The van der Waals surface area contributed by atoms with Crippen molar-refractivity contribution in [3.63, 3.8) is 0 Å². The summed E-state index contributed by atoms with van der Waals surface area (Å²) in [6.07, 6.45) is 3.43. The number of benzene rings is 1. The zero-order valence-electron chi connectivity index (χ0n) is 12.0. The van der Waals surface area contributed by atoms with E-state index in [9.17, 15) is 13.5 Å². The standard InChI is InChI=1S/C15H21NO3S/c1-4-7-16(14-5-6-14)20(18,19)15-9-13(10-17)8-11(2)12(15)3/h4,8-9,14,17H,1,5-7,10H2,2-3H3. The first-order valence-corrected chi connectivity index (χ1v) is 8.19. The highest BCUT2D eigenvalue weighted by Crippen LogP contribution is 2.33. The molecule has 0 bridgehead atoms. The maximum atomic E-state index is 12.8. The van der Waals surface area contributed by atoms with Gasteiger partial charge in [0.2, 0.25) is 10.0 Å². The third-order valence-electron chi connectivity index (χ3n) is 3.71. The Morgan fingerprint density at radius 3 is 2.55 bits per heavy atom. The summed E-state index contributed by atoms with van der Waals surface area (Å²) in [4.78, 5) is 0.301. The Labute approximate surface area is 120 Å². The maximum Gasteiger partial charge on any atom is 0.243 e. The van der Waals surface area contributed by atoms with Gasteiger partial charge in [0.25, 0.3) is 0 Å². The first-order valence-electron chi connectivity index (χ1n) is 6.75. The summed E-state index contributed by atoms with van der Waals surface area (Å²) in [7, 11) is -3.53. The second-order valence-electron chi connectivity index (χ2n) is 5.29. The van der Waals surface area contributed by atoms with E-state index in [1.807, 2.05) is 19.9 Å². The fraction of sp³-hybridized carbons (Fsp3) is 0.467. The summed E-state index contributed by atoms with van der Waals surface area (Å²) >= 11 is 0. The van der Waals surface area contributed by atoms with Crippen molar-refractivity contribution in [3.05, 3.63) is 41.5 Å². The Balaban J connectivity index is 2.52. The topological polar surface area (TPSA) is 57.6 Å².